The zero-order valence-corrected chi connectivity index (χ0v) is 13.2. The van der Waals surface area contributed by atoms with Gasteiger partial charge in [-0.15, -0.1) is 0 Å². The van der Waals surface area contributed by atoms with Crippen LogP contribution in [-0.4, -0.2) is 32.8 Å². The van der Waals surface area contributed by atoms with Crippen LogP contribution in [0.2, 0.25) is 10.0 Å². The Bertz CT molecular complexity index is 501. The Balaban J connectivity index is 1.84. The zero-order valence-electron chi connectivity index (χ0n) is 11.7. The molecule has 1 aromatic rings. The fourth-order valence-corrected chi connectivity index (χ4v) is 2.39. The first-order valence-corrected chi connectivity index (χ1v) is 7.24. The van der Waals surface area contributed by atoms with E-state index in [1.54, 1.807) is 13.1 Å². The van der Waals surface area contributed by atoms with Crippen molar-refractivity contribution in [1.82, 2.24) is 10.6 Å². The topological polar surface area (TPSA) is 45.7 Å². The maximum Gasteiger partial charge on any atom is 0.191 e. The minimum absolute atomic E-state index is 0.204. The standard InChI is InChI=1S/C14H19Cl2N3O/c1-14(8-20-9-14)7-19-13(17-2)18-6-10-3-4-11(15)5-12(10)16/h3-5H,6-9H2,1-2H3,(H2,17,18,19). The van der Waals surface area contributed by atoms with Gasteiger partial charge in [0.2, 0.25) is 0 Å². The average molecular weight is 316 g/mol. The third-order valence-electron chi connectivity index (χ3n) is 3.27. The number of ether oxygens (including phenoxy) is 1. The molecule has 0 bridgehead atoms. The number of benzene rings is 1. The van der Waals surface area contributed by atoms with E-state index in [1.807, 2.05) is 12.1 Å². The van der Waals surface area contributed by atoms with E-state index < -0.39 is 0 Å². The van der Waals surface area contributed by atoms with Crippen LogP contribution in [0.25, 0.3) is 0 Å². The second-order valence-electron chi connectivity index (χ2n) is 5.32. The number of hydrogen-bond acceptors (Lipinski definition) is 2. The van der Waals surface area contributed by atoms with Crippen LogP contribution in [0, 0.1) is 5.41 Å². The second-order valence-corrected chi connectivity index (χ2v) is 6.16. The first kappa shape index (κ1) is 15.4. The van der Waals surface area contributed by atoms with Gasteiger partial charge in [0.1, 0.15) is 0 Å². The summed E-state index contributed by atoms with van der Waals surface area (Å²) in [6.45, 7) is 5.21. The van der Waals surface area contributed by atoms with Crippen LogP contribution < -0.4 is 10.6 Å². The lowest BCUT2D eigenvalue weighted by molar-refractivity contribution is -0.0971. The molecule has 110 valence electrons. The van der Waals surface area contributed by atoms with Gasteiger partial charge >= 0.3 is 0 Å². The molecule has 0 spiro atoms. The highest BCUT2D eigenvalue weighted by atomic mass is 35.5. The number of hydrogen-bond donors (Lipinski definition) is 2. The van der Waals surface area contributed by atoms with E-state index in [9.17, 15) is 0 Å². The number of guanidine groups is 1. The summed E-state index contributed by atoms with van der Waals surface area (Å²) in [6, 6.07) is 5.47. The molecule has 2 rings (SSSR count). The molecule has 0 atom stereocenters. The number of rotatable bonds is 4. The third kappa shape index (κ3) is 4.01. The second kappa shape index (κ2) is 6.66. The number of halogens is 2. The van der Waals surface area contributed by atoms with Gasteiger partial charge in [0.25, 0.3) is 0 Å². The fraction of sp³-hybridized carbons (Fsp3) is 0.500. The molecule has 1 heterocycles. The summed E-state index contributed by atoms with van der Waals surface area (Å²) in [5, 5.41) is 7.83. The smallest absolute Gasteiger partial charge is 0.191 e. The van der Waals surface area contributed by atoms with Gasteiger partial charge in [0, 0.05) is 35.6 Å². The molecule has 20 heavy (non-hydrogen) atoms. The maximum absolute atomic E-state index is 6.14. The monoisotopic (exact) mass is 315 g/mol. The Morgan fingerprint density at radius 2 is 2.10 bits per heavy atom. The number of nitrogens with one attached hydrogen (secondary N) is 2. The molecule has 1 saturated heterocycles. The van der Waals surface area contributed by atoms with Crippen molar-refractivity contribution in [3.05, 3.63) is 33.8 Å². The van der Waals surface area contributed by atoms with Gasteiger partial charge in [-0.05, 0) is 17.7 Å². The Morgan fingerprint density at radius 1 is 1.35 bits per heavy atom. The normalized spacial score (nSPS) is 17.5. The molecule has 1 aromatic carbocycles. The summed E-state index contributed by atoms with van der Waals surface area (Å²) < 4.78 is 5.23. The summed E-state index contributed by atoms with van der Waals surface area (Å²) in [7, 11) is 1.75. The van der Waals surface area contributed by atoms with Crippen LogP contribution in [0.5, 0.6) is 0 Å². The van der Waals surface area contributed by atoms with Crippen LogP contribution in [-0.2, 0) is 11.3 Å². The zero-order chi connectivity index (χ0) is 14.6. The lowest BCUT2D eigenvalue weighted by Crippen LogP contribution is -2.50. The molecular formula is C14H19Cl2N3O. The van der Waals surface area contributed by atoms with Crippen LogP contribution >= 0.6 is 23.2 Å². The van der Waals surface area contributed by atoms with Crippen molar-refractivity contribution in [2.75, 3.05) is 26.8 Å². The lowest BCUT2D eigenvalue weighted by atomic mass is 9.89. The van der Waals surface area contributed by atoms with Crippen molar-refractivity contribution in [3.63, 3.8) is 0 Å². The van der Waals surface area contributed by atoms with Crippen LogP contribution in [0.4, 0.5) is 0 Å². The summed E-state index contributed by atoms with van der Waals surface area (Å²) in [5.41, 5.74) is 1.19. The SMILES string of the molecule is CN=C(NCc1ccc(Cl)cc1Cl)NCC1(C)COC1. The predicted octanol–water partition coefficient (Wildman–Crippen LogP) is 2.69. The maximum atomic E-state index is 6.14. The van der Waals surface area contributed by atoms with E-state index in [1.165, 1.54) is 0 Å². The highest BCUT2D eigenvalue weighted by Gasteiger charge is 2.33. The van der Waals surface area contributed by atoms with Gasteiger partial charge in [-0.1, -0.05) is 36.2 Å². The van der Waals surface area contributed by atoms with Crippen molar-refractivity contribution in [2.24, 2.45) is 10.4 Å². The number of aliphatic imine (C=N–C) groups is 1. The first-order valence-electron chi connectivity index (χ1n) is 6.49. The molecule has 0 saturated carbocycles. The van der Waals surface area contributed by atoms with E-state index in [0.29, 0.717) is 16.6 Å². The summed E-state index contributed by atoms with van der Waals surface area (Å²) in [5.74, 6) is 0.754. The van der Waals surface area contributed by atoms with E-state index in [2.05, 4.69) is 22.5 Å². The van der Waals surface area contributed by atoms with Crippen molar-refractivity contribution >= 4 is 29.2 Å². The molecule has 0 unspecified atom stereocenters. The molecule has 1 aliphatic rings. The molecule has 1 aliphatic heterocycles. The number of nitrogens with zero attached hydrogens (tertiary/aromatic N) is 1. The van der Waals surface area contributed by atoms with Crippen molar-refractivity contribution in [2.45, 2.75) is 13.5 Å². The van der Waals surface area contributed by atoms with E-state index in [4.69, 9.17) is 27.9 Å². The Morgan fingerprint density at radius 3 is 2.65 bits per heavy atom. The molecule has 4 nitrogen and oxygen atoms in total. The molecule has 0 amide bonds. The van der Waals surface area contributed by atoms with Crippen LogP contribution in [0.3, 0.4) is 0 Å². The van der Waals surface area contributed by atoms with Crippen molar-refractivity contribution < 1.29 is 4.74 Å². The minimum Gasteiger partial charge on any atom is -0.380 e. The van der Waals surface area contributed by atoms with E-state index in [-0.39, 0.29) is 5.41 Å². The largest absolute Gasteiger partial charge is 0.380 e. The molecular weight excluding hydrogens is 297 g/mol. The minimum atomic E-state index is 0.204. The van der Waals surface area contributed by atoms with Crippen molar-refractivity contribution in [3.8, 4) is 0 Å². The van der Waals surface area contributed by atoms with Gasteiger partial charge in [-0.25, -0.2) is 0 Å². The van der Waals surface area contributed by atoms with Crippen LogP contribution in [0.15, 0.2) is 23.2 Å². The highest BCUT2D eigenvalue weighted by molar-refractivity contribution is 6.35. The van der Waals surface area contributed by atoms with E-state index in [0.717, 1.165) is 31.3 Å². The van der Waals surface area contributed by atoms with Gasteiger partial charge in [-0.3, -0.25) is 4.99 Å². The van der Waals surface area contributed by atoms with E-state index >= 15 is 0 Å². The lowest BCUT2D eigenvalue weighted by Gasteiger charge is -2.38. The molecule has 0 radical (unpaired) electrons. The van der Waals surface area contributed by atoms with Crippen LogP contribution in [0.1, 0.15) is 12.5 Å². The average Bonchev–Trinajstić information content (AvgIpc) is 2.38. The Labute approximate surface area is 129 Å². The molecule has 2 N–H and O–H groups in total. The summed E-state index contributed by atoms with van der Waals surface area (Å²) in [6.07, 6.45) is 0. The molecule has 1 fully saturated rings. The highest BCUT2D eigenvalue weighted by Crippen LogP contribution is 2.25. The van der Waals surface area contributed by atoms with Crippen molar-refractivity contribution in [1.29, 1.82) is 0 Å². The van der Waals surface area contributed by atoms with Gasteiger partial charge in [-0.2, -0.15) is 0 Å². The molecule has 0 aliphatic carbocycles. The first-order chi connectivity index (χ1) is 9.52. The quantitative estimate of drug-likeness (QED) is 0.663. The van der Waals surface area contributed by atoms with Gasteiger partial charge in [0.15, 0.2) is 5.96 Å². The molecule has 0 aromatic heterocycles. The Hall–Kier alpha value is -0.970. The van der Waals surface area contributed by atoms with Gasteiger partial charge in [0.05, 0.1) is 13.2 Å². The third-order valence-corrected chi connectivity index (χ3v) is 3.86. The predicted molar refractivity (Wildman–Crippen MR) is 83.6 cm³/mol. The Kier molecular flexibility index (Phi) is 5.13. The summed E-state index contributed by atoms with van der Waals surface area (Å²) in [4.78, 5) is 4.20. The summed E-state index contributed by atoms with van der Waals surface area (Å²) >= 11 is 12.0. The molecule has 6 heteroatoms. The van der Waals surface area contributed by atoms with Gasteiger partial charge < -0.3 is 15.4 Å². The fourth-order valence-electron chi connectivity index (χ4n) is 1.91.